The Morgan fingerprint density at radius 1 is 1.75 bits per heavy atom. The highest BCUT2D eigenvalue weighted by molar-refractivity contribution is 4.86. The standard InChI is InChI=1S/C7H12O/c1-4-6-7(5-2)8-3/h1,7H,5-6H2,2-3H3. The summed E-state index contributed by atoms with van der Waals surface area (Å²) >= 11 is 0. The molecule has 0 aliphatic heterocycles. The number of hydrogen-bond donors (Lipinski definition) is 0. The van der Waals surface area contributed by atoms with Gasteiger partial charge in [0.1, 0.15) is 0 Å². The summed E-state index contributed by atoms with van der Waals surface area (Å²) in [5.41, 5.74) is 0. The molecule has 1 atom stereocenters. The first kappa shape index (κ1) is 7.52. The fraction of sp³-hybridized carbons (Fsp3) is 0.714. The van der Waals surface area contributed by atoms with Gasteiger partial charge in [0, 0.05) is 13.5 Å². The molecule has 0 bridgehead atoms. The maximum absolute atomic E-state index is 5.05. The summed E-state index contributed by atoms with van der Waals surface area (Å²) in [6, 6.07) is 0. The summed E-state index contributed by atoms with van der Waals surface area (Å²) in [5.74, 6) is 2.54. The van der Waals surface area contributed by atoms with Crippen molar-refractivity contribution in [2.75, 3.05) is 7.11 Å². The van der Waals surface area contributed by atoms with Crippen LogP contribution in [0.25, 0.3) is 0 Å². The highest BCUT2D eigenvalue weighted by Gasteiger charge is 1.98. The van der Waals surface area contributed by atoms with Crippen LogP contribution in [-0.4, -0.2) is 13.2 Å². The zero-order valence-corrected chi connectivity index (χ0v) is 5.48. The molecule has 0 aromatic rings. The normalized spacial score (nSPS) is 12.6. The van der Waals surface area contributed by atoms with Crippen LogP contribution in [0.3, 0.4) is 0 Å². The largest absolute Gasteiger partial charge is 0.380 e. The monoisotopic (exact) mass is 112 g/mol. The predicted octanol–water partition coefficient (Wildman–Crippen LogP) is 1.43. The Bertz CT molecular complexity index is 76.9. The van der Waals surface area contributed by atoms with Gasteiger partial charge in [-0.1, -0.05) is 6.92 Å². The number of hydrogen-bond acceptors (Lipinski definition) is 1. The molecule has 46 valence electrons. The van der Waals surface area contributed by atoms with E-state index in [0.29, 0.717) is 0 Å². The Balaban J connectivity index is 3.25. The Morgan fingerprint density at radius 3 is 2.50 bits per heavy atom. The van der Waals surface area contributed by atoms with Crippen molar-refractivity contribution in [2.45, 2.75) is 25.9 Å². The summed E-state index contributed by atoms with van der Waals surface area (Å²) in [4.78, 5) is 0. The predicted molar refractivity (Wildman–Crippen MR) is 34.5 cm³/mol. The van der Waals surface area contributed by atoms with Crippen molar-refractivity contribution in [3.8, 4) is 12.3 Å². The molecule has 0 N–H and O–H groups in total. The van der Waals surface area contributed by atoms with Crippen LogP contribution in [0.5, 0.6) is 0 Å². The van der Waals surface area contributed by atoms with E-state index >= 15 is 0 Å². The van der Waals surface area contributed by atoms with E-state index in [1.807, 2.05) is 0 Å². The van der Waals surface area contributed by atoms with Crippen molar-refractivity contribution in [1.29, 1.82) is 0 Å². The minimum absolute atomic E-state index is 0.264. The van der Waals surface area contributed by atoms with Crippen LogP contribution in [0.2, 0.25) is 0 Å². The molecule has 0 amide bonds. The SMILES string of the molecule is C#CCC(CC)OC. The molecule has 1 unspecified atom stereocenters. The average molecular weight is 112 g/mol. The van der Waals surface area contributed by atoms with Gasteiger partial charge in [-0.2, -0.15) is 0 Å². The molecular weight excluding hydrogens is 100 g/mol. The number of methoxy groups -OCH3 is 1. The molecule has 0 rings (SSSR count). The smallest absolute Gasteiger partial charge is 0.0677 e. The summed E-state index contributed by atoms with van der Waals surface area (Å²) in [6.45, 7) is 2.06. The fourth-order valence-electron chi connectivity index (χ4n) is 0.526. The molecule has 0 saturated carbocycles. The molecule has 0 fully saturated rings. The van der Waals surface area contributed by atoms with E-state index in [0.717, 1.165) is 12.8 Å². The Morgan fingerprint density at radius 2 is 2.38 bits per heavy atom. The van der Waals surface area contributed by atoms with Crippen LogP contribution in [0.15, 0.2) is 0 Å². The Kier molecular flexibility index (Phi) is 4.39. The van der Waals surface area contributed by atoms with E-state index < -0.39 is 0 Å². The molecule has 0 heterocycles. The van der Waals surface area contributed by atoms with Crippen molar-refractivity contribution in [2.24, 2.45) is 0 Å². The van der Waals surface area contributed by atoms with Crippen LogP contribution >= 0.6 is 0 Å². The van der Waals surface area contributed by atoms with Crippen LogP contribution in [-0.2, 0) is 4.74 Å². The van der Waals surface area contributed by atoms with Gasteiger partial charge < -0.3 is 4.74 Å². The lowest BCUT2D eigenvalue weighted by atomic mass is 10.2. The lowest BCUT2D eigenvalue weighted by Crippen LogP contribution is -2.06. The van der Waals surface area contributed by atoms with Gasteiger partial charge in [-0.05, 0) is 6.42 Å². The molecule has 8 heavy (non-hydrogen) atoms. The third-order valence-electron chi connectivity index (χ3n) is 1.13. The fourth-order valence-corrected chi connectivity index (χ4v) is 0.526. The molecule has 0 aromatic carbocycles. The Hall–Kier alpha value is -0.480. The van der Waals surface area contributed by atoms with Gasteiger partial charge >= 0.3 is 0 Å². The highest BCUT2D eigenvalue weighted by atomic mass is 16.5. The van der Waals surface area contributed by atoms with Crippen LogP contribution in [0.1, 0.15) is 19.8 Å². The van der Waals surface area contributed by atoms with E-state index in [2.05, 4.69) is 12.8 Å². The summed E-state index contributed by atoms with van der Waals surface area (Å²) < 4.78 is 5.00. The van der Waals surface area contributed by atoms with Crippen LogP contribution in [0, 0.1) is 12.3 Å². The number of rotatable bonds is 3. The molecular formula is C7H12O. The summed E-state index contributed by atoms with van der Waals surface area (Å²) in [5, 5.41) is 0. The first-order valence-corrected chi connectivity index (χ1v) is 2.81. The van der Waals surface area contributed by atoms with Gasteiger partial charge in [-0.15, -0.1) is 12.3 Å². The van der Waals surface area contributed by atoms with Crippen LogP contribution in [0.4, 0.5) is 0 Å². The second-order valence-corrected chi connectivity index (χ2v) is 1.67. The number of terminal acetylenes is 1. The second-order valence-electron chi connectivity index (χ2n) is 1.67. The number of ether oxygens (including phenoxy) is 1. The van der Waals surface area contributed by atoms with Gasteiger partial charge in [-0.3, -0.25) is 0 Å². The topological polar surface area (TPSA) is 9.23 Å². The lowest BCUT2D eigenvalue weighted by Gasteiger charge is -2.06. The summed E-state index contributed by atoms with van der Waals surface area (Å²) in [7, 11) is 1.69. The van der Waals surface area contributed by atoms with E-state index in [-0.39, 0.29) is 6.10 Å². The van der Waals surface area contributed by atoms with Gasteiger partial charge in [0.05, 0.1) is 6.10 Å². The Labute approximate surface area is 51.0 Å². The zero-order chi connectivity index (χ0) is 6.41. The maximum Gasteiger partial charge on any atom is 0.0677 e. The molecule has 0 aromatic heterocycles. The molecule has 1 heteroatoms. The van der Waals surface area contributed by atoms with Crippen molar-refractivity contribution < 1.29 is 4.74 Å². The highest BCUT2D eigenvalue weighted by Crippen LogP contribution is 1.98. The minimum atomic E-state index is 0.264. The van der Waals surface area contributed by atoms with Crippen LogP contribution < -0.4 is 0 Å². The lowest BCUT2D eigenvalue weighted by molar-refractivity contribution is 0.104. The van der Waals surface area contributed by atoms with Gasteiger partial charge in [0.25, 0.3) is 0 Å². The first-order chi connectivity index (χ1) is 3.85. The molecule has 0 spiro atoms. The van der Waals surface area contributed by atoms with Crippen molar-refractivity contribution in [1.82, 2.24) is 0 Å². The van der Waals surface area contributed by atoms with Gasteiger partial charge in [-0.25, -0.2) is 0 Å². The van der Waals surface area contributed by atoms with Gasteiger partial charge in [0.15, 0.2) is 0 Å². The maximum atomic E-state index is 5.05. The van der Waals surface area contributed by atoms with Crippen molar-refractivity contribution in [3.63, 3.8) is 0 Å². The quantitative estimate of drug-likeness (QED) is 0.502. The first-order valence-electron chi connectivity index (χ1n) is 2.81. The van der Waals surface area contributed by atoms with Crippen molar-refractivity contribution >= 4 is 0 Å². The zero-order valence-electron chi connectivity index (χ0n) is 5.48. The molecule has 0 radical (unpaired) electrons. The van der Waals surface area contributed by atoms with Crippen molar-refractivity contribution in [3.05, 3.63) is 0 Å². The summed E-state index contributed by atoms with van der Waals surface area (Å²) in [6.07, 6.45) is 7.04. The molecule has 0 aliphatic carbocycles. The molecule has 1 nitrogen and oxygen atoms in total. The minimum Gasteiger partial charge on any atom is -0.380 e. The van der Waals surface area contributed by atoms with Gasteiger partial charge in [0.2, 0.25) is 0 Å². The third-order valence-corrected chi connectivity index (χ3v) is 1.13. The average Bonchev–Trinajstić information content (AvgIpc) is 1.83. The van der Waals surface area contributed by atoms with E-state index in [1.165, 1.54) is 0 Å². The molecule has 0 saturated heterocycles. The van der Waals surface area contributed by atoms with E-state index in [9.17, 15) is 0 Å². The van der Waals surface area contributed by atoms with E-state index in [4.69, 9.17) is 11.2 Å². The second kappa shape index (κ2) is 4.67. The third kappa shape index (κ3) is 2.65. The molecule has 0 aliphatic rings. The van der Waals surface area contributed by atoms with E-state index in [1.54, 1.807) is 7.11 Å².